The molecular formula is C18H24N2O2S. The first-order valence-corrected chi connectivity index (χ1v) is 8.79. The molecule has 4 nitrogen and oxygen atoms in total. The highest BCUT2D eigenvalue weighted by molar-refractivity contribution is 8.00. The van der Waals surface area contributed by atoms with Crippen molar-refractivity contribution in [3.8, 4) is 0 Å². The van der Waals surface area contributed by atoms with Crippen molar-refractivity contribution in [1.29, 1.82) is 0 Å². The van der Waals surface area contributed by atoms with E-state index in [1.54, 1.807) is 0 Å². The average Bonchev–Trinajstić information content (AvgIpc) is 2.84. The van der Waals surface area contributed by atoms with Gasteiger partial charge in [0.1, 0.15) is 5.25 Å². The summed E-state index contributed by atoms with van der Waals surface area (Å²) >= 11 is 1.46. The first-order chi connectivity index (χ1) is 11.1. The van der Waals surface area contributed by atoms with E-state index in [9.17, 15) is 4.79 Å². The number of carbonyl (C=O) groups is 1. The van der Waals surface area contributed by atoms with Gasteiger partial charge in [0.25, 0.3) is 0 Å². The summed E-state index contributed by atoms with van der Waals surface area (Å²) < 4.78 is 7.21. The maximum Gasteiger partial charge on any atom is 0.323 e. The van der Waals surface area contributed by atoms with Crippen molar-refractivity contribution in [2.75, 3.05) is 7.11 Å². The van der Waals surface area contributed by atoms with E-state index in [0.717, 1.165) is 41.5 Å². The van der Waals surface area contributed by atoms with E-state index in [4.69, 9.17) is 4.74 Å². The van der Waals surface area contributed by atoms with Gasteiger partial charge in [-0.1, -0.05) is 55.4 Å². The van der Waals surface area contributed by atoms with Crippen LogP contribution in [0.25, 0.3) is 0 Å². The van der Waals surface area contributed by atoms with E-state index in [0.29, 0.717) is 0 Å². The van der Waals surface area contributed by atoms with Gasteiger partial charge in [0.2, 0.25) is 0 Å². The summed E-state index contributed by atoms with van der Waals surface area (Å²) in [7, 11) is 1.43. The fourth-order valence-corrected chi connectivity index (χ4v) is 3.63. The molecule has 124 valence electrons. The lowest BCUT2D eigenvalue weighted by Crippen LogP contribution is -2.12. The van der Waals surface area contributed by atoms with Crippen molar-refractivity contribution in [2.45, 2.75) is 50.6 Å². The Morgan fingerprint density at radius 2 is 2.00 bits per heavy atom. The molecule has 0 saturated carbocycles. The molecule has 0 N–H and O–H groups in total. The Kier molecular flexibility index (Phi) is 6.28. The molecule has 1 aromatic heterocycles. The summed E-state index contributed by atoms with van der Waals surface area (Å²) in [6.45, 7) is 7.19. The highest BCUT2D eigenvalue weighted by Gasteiger charge is 2.25. The van der Waals surface area contributed by atoms with Crippen LogP contribution < -0.4 is 0 Å². The molecule has 0 saturated heterocycles. The number of nitrogens with zero attached hydrogens (tertiary/aromatic N) is 2. The van der Waals surface area contributed by atoms with Crippen LogP contribution in [0.4, 0.5) is 0 Å². The summed E-state index contributed by atoms with van der Waals surface area (Å²) in [5.74, 6) is -0.249. The maximum absolute atomic E-state index is 12.3. The van der Waals surface area contributed by atoms with Gasteiger partial charge < -0.3 is 9.30 Å². The van der Waals surface area contributed by atoms with Gasteiger partial charge in [-0.05, 0) is 25.8 Å². The van der Waals surface area contributed by atoms with E-state index in [-0.39, 0.29) is 5.97 Å². The molecule has 1 heterocycles. The third kappa shape index (κ3) is 4.16. The molecule has 2 rings (SSSR count). The normalized spacial score (nSPS) is 12.2. The zero-order chi connectivity index (χ0) is 16.8. The minimum atomic E-state index is -0.400. The average molecular weight is 332 g/mol. The Morgan fingerprint density at radius 3 is 2.61 bits per heavy atom. The summed E-state index contributed by atoms with van der Waals surface area (Å²) in [5.41, 5.74) is 3.11. The van der Waals surface area contributed by atoms with Crippen LogP contribution in [-0.2, 0) is 16.1 Å². The minimum absolute atomic E-state index is 0.249. The quantitative estimate of drug-likeness (QED) is 0.560. The molecule has 0 amide bonds. The second-order valence-corrected chi connectivity index (χ2v) is 6.57. The molecule has 1 aromatic carbocycles. The SMILES string of the molecule is CCCCn1c(SC(C(=O)OC)c2ccccc2)nc(C)c1C. The van der Waals surface area contributed by atoms with Crippen LogP contribution in [0.5, 0.6) is 0 Å². The third-order valence-corrected chi connectivity index (χ3v) is 5.12. The number of hydrogen-bond donors (Lipinski definition) is 0. The fourth-order valence-electron chi connectivity index (χ4n) is 2.39. The van der Waals surface area contributed by atoms with Crippen molar-refractivity contribution < 1.29 is 9.53 Å². The zero-order valence-corrected chi connectivity index (χ0v) is 15.0. The second-order valence-electron chi connectivity index (χ2n) is 5.50. The van der Waals surface area contributed by atoms with Crippen molar-refractivity contribution in [3.05, 3.63) is 47.3 Å². The van der Waals surface area contributed by atoms with E-state index >= 15 is 0 Å². The first kappa shape index (κ1) is 17.6. The highest BCUT2D eigenvalue weighted by Crippen LogP contribution is 2.36. The van der Waals surface area contributed by atoms with Crippen LogP contribution in [-0.4, -0.2) is 22.6 Å². The van der Waals surface area contributed by atoms with E-state index < -0.39 is 5.25 Å². The number of ether oxygens (including phenoxy) is 1. The van der Waals surface area contributed by atoms with Gasteiger partial charge in [-0.3, -0.25) is 4.79 Å². The number of imidazole rings is 1. The predicted molar refractivity (Wildman–Crippen MR) is 93.7 cm³/mol. The highest BCUT2D eigenvalue weighted by atomic mass is 32.2. The lowest BCUT2D eigenvalue weighted by atomic mass is 10.1. The first-order valence-electron chi connectivity index (χ1n) is 7.91. The number of methoxy groups -OCH3 is 1. The van der Waals surface area contributed by atoms with E-state index in [1.165, 1.54) is 18.9 Å². The monoisotopic (exact) mass is 332 g/mol. The Hall–Kier alpha value is -1.75. The van der Waals surface area contributed by atoms with Crippen molar-refractivity contribution >= 4 is 17.7 Å². The standard InChI is InChI=1S/C18H24N2O2S/c1-5-6-12-20-14(3)13(2)19-18(20)23-16(17(21)22-4)15-10-8-7-9-11-15/h7-11,16H,5-6,12H2,1-4H3. The van der Waals surface area contributed by atoms with Crippen molar-refractivity contribution in [2.24, 2.45) is 0 Å². The lowest BCUT2D eigenvalue weighted by molar-refractivity contribution is -0.140. The molecule has 0 spiro atoms. The number of hydrogen-bond acceptors (Lipinski definition) is 4. The Balaban J connectivity index is 2.33. The smallest absolute Gasteiger partial charge is 0.323 e. The Labute approximate surface area is 142 Å². The Bertz CT molecular complexity index is 653. The number of aryl methyl sites for hydroxylation is 1. The molecule has 23 heavy (non-hydrogen) atoms. The van der Waals surface area contributed by atoms with Crippen LogP contribution in [0.2, 0.25) is 0 Å². The van der Waals surface area contributed by atoms with Gasteiger partial charge in [0.15, 0.2) is 5.16 Å². The second kappa shape index (κ2) is 8.20. The number of esters is 1. The number of rotatable bonds is 7. The van der Waals surface area contributed by atoms with Crippen LogP contribution in [0.3, 0.4) is 0 Å². The Morgan fingerprint density at radius 1 is 1.30 bits per heavy atom. The number of aromatic nitrogens is 2. The largest absolute Gasteiger partial charge is 0.468 e. The molecule has 0 aliphatic rings. The third-order valence-electron chi connectivity index (χ3n) is 3.90. The summed E-state index contributed by atoms with van der Waals surface area (Å²) in [6.07, 6.45) is 2.22. The zero-order valence-electron chi connectivity index (χ0n) is 14.2. The molecule has 0 aliphatic heterocycles. The molecule has 2 aromatic rings. The van der Waals surface area contributed by atoms with Gasteiger partial charge in [-0.25, -0.2) is 4.98 Å². The van der Waals surface area contributed by atoms with Gasteiger partial charge >= 0.3 is 5.97 Å². The summed E-state index contributed by atoms with van der Waals surface area (Å²) in [5, 5.41) is 0.482. The molecule has 0 bridgehead atoms. The number of unbranched alkanes of at least 4 members (excludes halogenated alkanes) is 1. The van der Waals surface area contributed by atoms with Crippen LogP contribution in [0, 0.1) is 13.8 Å². The van der Waals surface area contributed by atoms with Gasteiger partial charge in [-0.2, -0.15) is 0 Å². The number of carbonyl (C=O) groups excluding carboxylic acids is 1. The van der Waals surface area contributed by atoms with Gasteiger partial charge in [0.05, 0.1) is 12.8 Å². The van der Waals surface area contributed by atoms with Crippen molar-refractivity contribution in [3.63, 3.8) is 0 Å². The minimum Gasteiger partial charge on any atom is -0.468 e. The summed E-state index contributed by atoms with van der Waals surface area (Å²) in [4.78, 5) is 16.9. The topological polar surface area (TPSA) is 44.1 Å². The number of benzene rings is 1. The van der Waals surface area contributed by atoms with Crippen LogP contribution in [0.15, 0.2) is 35.5 Å². The fraction of sp³-hybridized carbons (Fsp3) is 0.444. The van der Waals surface area contributed by atoms with Crippen LogP contribution in [0.1, 0.15) is 42.0 Å². The van der Waals surface area contributed by atoms with E-state index in [1.807, 2.05) is 37.3 Å². The molecule has 0 fully saturated rings. The van der Waals surface area contributed by atoms with Gasteiger partial charge in [-0.15, -0.1) is 0 Å². The van der Waals surface area contributed by atoms with Crippen molar-refractivity contribution in [1.82, 2.24) is 9.55 Å². The van der Waals surface area contributed by atoms with E-state index in [2.05, 4.69) is 23.4 Å². The van der Waals surface area contributed by atoms with Crippen LogP contribution >= 0.6 is 11.8 Å². The van der Waals surface area contributed by atoms with Gasteiger partial charge in [0, 0.05) is 12.2 Å². The molecule has 5 heteroatoms. The molecule has 0 radical (unpaired) electrons. The summed E-state index contributed by atoms with van der Waals surface area (Å²) in [6, 6.07) is 9.72. The molecule has 1 unspecified atom stereocenters. The number of thioether (sulfide) groups is 1. The predicted octanol–water partition coefficient (Wildman–Crippen LogP) is 4.31. The maximum atomic E-state index is 12.3. The molecular weight excluding hydrogens is 308 g/mol. The molecule has 0 aliphatic carbocycles. The lowest BCUT2D eigenvalue weighted by Gasteiger charge is -2.16. The molecule has 1 atom stereocenters.